The molecule has 2 saturated carbocycles. The first-order valence-electron chi connectivity index (χ1n) is 5.62. The fourth-order valence-corrected chi connectivity index (χ4v) is 2.86. The van der Waals surface area contributed by atoms with Crippen LogP contribution in [-0.2, 0) is 0 Å². The Hall–Kier alpha value is 0. The Bertz CT molecular complexity index is 165. The van der Waals surface area contributed by atoms with Crippen molar-refractivity contribution in [1.82, 2.24) is 0 Å². The normalized spacial score (nSPS) is 39.0. The monoisotopic (exact) mass is 166 g/mol. The van der Waals surface area contributed by atoms with Crippen LogP contribution < -0.4 is 0 Å². The van der Waals surface area contributed by atoms with E-state index in [2.05, 4.69) is 20.8 Å². The molecule has 0 aliphatic heterocycles. The van der Waals surface area contributed by atoms with Gasteiger partial charge in [0.1, 0.15) is 0 Å². The van der Waals surface area contributed by atoms with E-state index in [-0.39, 0.29) is 0 Å². The Morgan fingerprint density at radius 3 is 2.25 bits per heavy atom. The Morgan fingerprint density at radius 1 is 1.17 bits per heavy atom. The van der Waals surface area contributed by atoms with E-state index in [1.54, 1.807) is 0 Å². The van der Waals surface area contributed by atoms with Crippen molar-refractivity contribution in [3.8, 4) is 0 Å². The summed E-state index contributed by atoms with van der Waals surface area (Å²) in [5, 5.41) is 0. The van der Waals surface area contributed by atoms with Gasteiger partial charge in [-0.3, -0.25) is 0 Å². The lowest BCUT2D eigenvalue weighted by Gasteiger charge is -2.19. The molecule has 0 aromatic carbocycles. The summed E-state index contributed by atoms with van der Waals surface area (Å²) < 4.78 is 0. The molecule has 0 aromatic heterocycles. The predicted octanol–water partition coefficient (Wildman–Crippen LogP) is 3.86. The SMILES string of the molecule is CC(C)C1CCC(C2(C)CC2)C1. The van der Waals surface area contributed by atoms with Crippen LogP contribution in [0.3, 0.4) is 0 Å². The molecule has 2 aliphatic rings. The van der Waals surface area contributed by atoms with E-state index in [0.29, 0.717) is 0 Å². The molecule has 0 amide bonds. The third kappa shape index (κ3) is 1.41. The molecule has 0 saturated heterocycles. The highest BCUT2D eigenvalue weighted by molar-refractivity contribution is 4.97. The van der Waals surface area contributed by atoms with Crippen LogP contribution in [0.1, 0.15) is 52.9 Å². The van der Waals surface area contributed by atoms with Gasteiger partial charge in [0.15, 0.2) is 0 Å². The van der Waals surface area contributed by atoms with Crippen LogP contribution in [0.4, 0.5) is 0 Å². The second-order valence-electron chi connectivity index (χ2n) is 5.67. The standard InChI is InChI=1S/C12H22/c1-9(2)10-4-5-11(8-10)12(3)6-7-12/h9-11H,4-8H2,1-3H3. The van der Waals surface area contributed by atoms with Gasteiger partial charge in [0, 0.05) is 0 Å². The van der Waals surface area contributed by atoms with Gasteiger partial charge in [-0.2, -0.15) is 0 Å². The average molecular weight is 166 g/mol. The molecule has 70 valence electrons. The summed E-state index contributed by atoms with van der Waals surface area (Å²) in [5.41, 5.74) is 0.795. The van der Waals surface area contributed by atoms with Crippen molar-refractivity contribution in [2.75, 3.05) is 0 Å². The molecule has 12 heavy (non-hydrogen) atoms. The van der Waals surface area contributed by atoms with Crippen LogP contribution in [0.25, 0.3) is 0 Å². The van der Waals surface area contributed by atoms with Crippen LogP contribution in [0.2, 0.25) is 0 Å². The van der Waals surface area contributed by atoms with Crippen LogP contribution in [0.15, 0.2) is 0 Å². The van der Waals surface area contributed by atoms with Crippen molar-refractivity contribution >= 4 is 0 Å². The molecule has 0 nitrogen and oxygen atoms in total. The first-order chi connectivity index (χ1) is 5.62. The average Bonchev–Trinajstić information content (AvgIpc) is 2.61. The van der Waals surface area contributed by atoms with Gasteiger partial charge in [0.25, 0.3) is 0 Å². The summed E-state index contributed by atoms with van der Waals surface area (Å²) in [7, 11) is 0. The third-order valence-corrected chi connectivity index (χ3v) is 4.44. The minimum atomic E-state index is 0.795. The fraction of sp³-hybridized carbons (Fsp3) is 1.00. The second kappa shape index (κ2) is 2.75. The summed E-state index contributed by atoms with van der Waals surface area (Å²) in [6, 6.07) is 0. The minimum Gasteiger partial charge on any atom is -0.0625 e. The third-order valence-electron chi connectivity index (χ3n) is 4.44. The molecule has 0 N–H and O–H groups in total. The van der Waals surface area contributed by atoms with Crippen LogP contribution in [0, 0.1) is 23.2 Å². The molecule has 0 heteroatoms. The summed E-state index contributed by atoms with van der Waals surface area (Å²) in [6.07, 6.45) is 7.61. The van der Waals surface area contributed by atoms with Crippen molar-refractivity contribution in [3.63, 3.8) is 0 Å². The number of hydrogen-bond acceptors (Lipinski definition) is 0. The largest absolute Gasteiger partial charge is 0.0625 e. The van der Waals surface area contributed by atoms with E-state index in [0.717, 1.165) is 23.2 Å². The summed E-state index contributed by atoms with van der Waals surface area (Å²) in [6.45, 7) is 7.28. The Balaban J connectivity index is 1.90. The van der Waals surface area contributed by atoms with Crippen LogP contribution in [0.5, 0.6) is 0 Å². The van der Waals surface area contributed by atoms with Gasteiger partial charge in [-0.15, -0.1) is 0 Å². The van der Waals surface area contributed by atoms with E-state index in [1.807, 2.05) is 0 Å². The molecule has 2 fully saturated rings. The minimum absolute atomic E-state index is 0.795. The zero-order valence-electron chi connectivity index (χ0n) is 8.77. The van der Waals surface area contributed by atoms with Gasteiger partial charge in [-0.05, 0) is 55.3 Å². The van der Waals surface area contributed by atoms with Gasteiger partial charge in [-0.1, -0.05) is 20.8 Å². The van der Waals surface area contributed by atoms with Crippen LogP contribution >= 0.6 is 0 Å². The molecule has 0 bridgehead atoms. The first kappa shape index (κ1) is 8.59. The smallest absolute Gasteiger partial charge is 0.0297 e. The Morgan fingerprint density at radius 2 is 1.83 bits per heavy atom. The highest BCUT2D eigenvalue weighted by atomic mass is 14.5. The summed E-state index contributed by atoms with van der Waals surface area (Å²) >= 11 is 0. The lowest BCUT2D eigenvalue weighted by molar-refractivity contribution is 0.309. The molecule has 2 rings (SSSR count). The Kier molecular flexibility index (Phi) is 1.97. The molecule has 0 heterocycles. The maximum atomic E-state index is 2.50. The topological polar surface area (TPSA) is 0 Å². The lowest BCUT2D eigenvalue weighted by atomic mass is 9.86. The number of hydrogen-bond donors (Lipinski definition) is 0. The summed E-state index contributed by atoms with van der Waals surface area (Å²) in [5.74, 6) is 3.06. The highest BCUT2D eigenvalue weighted by Gasteiger charge is 2.47. The molecule has 2 aliphatic carbocycles. The second-order valence-corrected chi connectivity index (χ2v) is 5.67. The molecule has 0 aromatic rings. The quantitative estimate of drug-likeness (QED) is 0.584. The molecule has 0 spiro atoms. The Labute approximate surface area is 76.7 Å². The van der Waals surface area contributed by atoms with Crippen molar-refractivity contribution in [2.45, 2.75) is 52.9 Å². The van der Waals surface area contributed by atoms with E-state index in [9.17, 15) is 0 Å². The zero-order chi connectivity index (χ0) is 8.77. The van der Waals surface area contributed by atoms with Gasteiger partial charge in [0.2, 0.25) is 0 Å². The van der Waals surface area contributed by atoms with Crippen molar-refractivity contribution in [2.24, 2.45) is 23.2 Å². The zero-order valence-corrected chi connectivity index (χ0v) is 8.77. The van der Waals surface area contributed by atoms with Gasteiger partial charge < -0.3 is 0 Å². The van der Waals surface area contributed by atoms with Crippen molar-refractivity contribution in [3.05, 3.63) is 0 Å². The van der Waals surface area contributed by atoms with Gasteiger partial charge in [-0.25, -0.2) is 0 Å². The maximum Gasteiger partial charge on any atom is -0.0297 e. The van der Waals surface area contributed by atoms with Gasteiger partial charge >= 0.3 is 0 Å². The fourth-order valence-electron chi connectivity index (χ4n) is 2.86. The van der Waals surface area contributed by atoms with E-state index in [1.165, 1.54) is 32.1 Å². The van der Waals surface area contributed by atoms with E-state index < -0.39 is 0 Å². The lowest BCUT2D eigenvalue weighted by Crippen LogP contribution is -2.10. The van der Waals surface area contributed by atoms with Crippen LogP contribution in [-0.4, -0.2) is 0 Å². The van der Waals surface area contributed by atoms with Crippen molar-refractivity contribution in [1.29, 1.82) is 0 Å². The molecular formula is C12H22. The highest BCUT2D eigenvalue weighted by Crippen LogP contribution is 2.58. The van der Waals surface area contributed by atoms with E-state index in [4.69, 9.17) is 0 Å². The number of rotatable bonds is 2. The summed E-state index contributed by atoms with van der Waals surface area (Å²) in [4.78, 5) is 0. The molecule has 2 unspecified atom stereocenters. The molecular weight excluding hydrogens is 144 g/mol. The predicted molar refractivity (Wildman–Crippen MR) is 53.0 cm³/mol. The molecule has 0 radical (unpaired) electrons. The van der Waals surface area contributed by atoms with Gasteiger partial charge in [0.05, 0.1) is 0 Å². The van der Waals surface area contributed by atoms with Crippen molar-refractivity contribution < 1.29 is 0 Å². The first-order valence-corrected chi connectivity index (χ1v) is 5.62. The maximum absolute atomic E-state index is 2.50. The molecule has 2 atom stereocenters. The van der Waals surface area contributed by atoms with E-state index >= 15 is 0 Å².